The van der Waals surface area contributed by atoms with Crippen molar-refractivity contribution in [3.63, 3.8) is 0 Å². The molecule has 0 aromatic carbocycles. The molecule has 0 heterocycles. The highest BCUT2D eigenvalue weighted by atomic mass is 16.5. The summed E-state index contributed by atoms with van der Waals surface area (Å²) in [6.07, 6.45) is 0. The lowest BCUT2D eigenvalue weighted by molar-refractivity contribution is -0.155. The molecule has 1 N–H and O–H groups in total. The van der Waals surface area contributed by atoms with E-state index in [-0.39, 0.29) is 12.6 Å². The first-order valence-electron chi connectivity index (χ1n) is 4.67. The zero-order valence-corrected chi connectivity index (χ0v) is 8.83. The molecule has 1 amide bonds. The number of hydrogen-bond acceptors (Lipinski definition) is 4. The van der Waals surface area contributed by atoms with E-state index in [0.29, 0.717) is 13.2 Å². The van der Waals surface area contributed by atoms with Crippen LogP contribution in [0.25, 0.3) is 0 Å². The molecule has 0 bridgehead atoms. The van der Waals surface area contributed by atoms with Crippen LogP contribution in [-0.4, -0.2) is 37.7 Å². The number of ether oxygens (including phenoxy) is 2. The Morgan fingerprint density at radius 2 is 1.93 bits per heavy atom. The molecule has 0 spiro atoms. The summed E-state index contributed by atoms with van der Waals surface area (Å²) in [5, 5.41) is 2.46. The minimum Gasteiger partial charge on any atom is -0.459 e. The molecule has 5 heteroatoms. The normalized spacial score (nSPS) is 11.9. The van der Waals surface area contributed by atoms with Crippen molar-refractivity contribution in [2.75, 3.05) is 19.8 Å². The van der Waals surface area contributed by atoms with Crippen molar-refractivity contribution in [1.29, 1.82) is 0 Å². The van der Waals surface area contributed by atoms with Gasteiger partial charge in [0, 0.05) is 12.6 Å². The maximum atomic E-state index is 11.1. The van der Waals surface area contributed by atoms with Gasteiger partial charge in [-0.15, -0.1) is 0 Å². The lowest BCUT2D eigenvalue weighted by atomic mass is 10.3. The highest BCUT2D eigenvalue weighted by Crippen LogP contribution is 1.86. The summed E-state index contributed by atoms with van der Waals surface area (Å²) in [7, 11) is 0. The predicted octanol–water partition coefficient (Wildman–Crippen LogP) is 0.0907. The molecule has 14 heavy (non-hydrogen) atoms. The second kappa shape index (κ2) is 7.32. The van der Waals surface area contributed by atoms with Crippen molar-refractivity contribution >= 4 is 11.9 Å². The fourth-order valence-electron chi connectivity index (χ4n) is 0.816. The van der Waals surface area contributed by atoms with Crippen LogP contribution in [0, 0.1) is 0 Å². The van der Waals surface area contributed by atoms with Crippen LogP contribution in [0.2, 0.25) is 0 Å². The molecule has 0 saturated carbocycles. The van der Waals surface area contributed by atoms with Gasteiger partial charge < -0.3 is 14.8 Å². The van der Waals surface area contributed by atoms with E-state index in [4.69, 9.17) is 4.74 Å². The van der Waals surface area contributed by atoms with Crippen LogP contribution in [0.4, 0.5) is 0 Å². The Hall–Kier alpha value is -1.10. The van der Waals surface area contributed by atoms with Gasteiger partial charge in [0.2, 0.25) is 0 Å². The van der Waals surface area contributed by atoms with Crippen molar-refractivity contribution in [2.45, 2.75) is 26.8 Å². The van der Waals surface area contributed by atoms with Crippen molar-refractivity contribution in [2.24, 2.45) is 0 Å². The molecule has 0 aliphatic rings. The van der Waals surface area contributed by atoms with Gasteiger partial charge >= 0.3 is 11.9 Å². The molecule has 82 valence electrons. The van der Waals surface area contributed by atoms with Gasteiger partial charge in [-0.25, -0.2) is 4.79 Å². The molecular formula is C9H17NO4. The number of nitrogens with one attached hydrogen (secondary N) is 1. The summed E-state index contributed by atoms with van der Waals surface area (Å²) in [5.74, 6) is -1.57. The van der Waals surface area contributed by atoms with Crippen LogP contribution in [0.5, 0.6) is 0 Å². The van der Waals surface area contributed by atoms with E-state index in [1.165, 1.54) is 0 Å². The van der Waals surface area contributed by atoms with Crippen LogP contribution in [0.15, 0.2) is 0 Å². The quantitative estimate of drug-likeness (QED) is 0.508. The summed E-state index contributed by atoms with van der Waals surface area (Å²) in [6, 6.07) is -0.188. The van der Waals surface area contributed by atoms with E-state index in [1.807, 2.05) is 6.92 Å². The average Bonchev–Trinajstić information content (AvgIpc) is 2.15. The van der Waals surface area contributed by atoms with Crippen LogP contribution in [-0.2, 0) is 19.1 Å². The summed E-state index contributed by atoms with van der Waals surface area (Å²) in [6.45, 7) is 6.44. The minimum absolute atomic E-state index is 0.188. The maximum Gasteiger partial charge on any atom is 0.396 e. The van der Waals surface area contributed by atoms with Crippen LogP contribution in [0.1, 0.15) is 20.8 Å². The topological polar surface area (TPSA) is 64.6 Å². The lowest BCUT2D eigenvalue weighted by Gasteiger charge is -2.12. The molecule has 0 aromatic heterocycles. The van der Waals surface area contributed by atoms with Crippen LogP contribution >= 0.6 is 0 Å². The molecule has 0 aromatic rings. The Bertz CT molecular complexity index is 193. The van der Waals surface area contributed by atoms with E-state index in [2.05, 4.69) is 10.1 Å². The molecular weight excluding hydrogens is 186 g/mol. The number of esters is 1. The second-order valence-electron chi connectivity index (χ2n) is 2.75. The van der Waals surface area contributed by atoms with Gasteiger partial charge in [-0.2, -0.15) is 0 Å². The Balaban J connectivity index is 3.75. The average molecular weight is 203 g/mol. The monoisotopic (exact) mass is 203 g/mol. The largest absolute Gasteiger partial charge is 0.459 e. The fourth-order valence-corrected chi connectivity index (χ4v) is 0.816. The smallest absolute Gasteiger partial charge is 0.396 e. The number of carbonyl (C=O) groups excluding carboxylic acids is 2. The van der Waals surface area contributed by atoms with Gasteiger partial charge in [0.25, 0.3) is 0 Å². The zero-order chi connectivity index (χ0) is 11.0. The highest BCUT2D eigenvalue weighted by Gasteiger charge is 2.16. The molecule has 0 rings (SSSR count). The summed E-state index contributed by atoms with van der Waals surface area (Å²) in [5.41, 5.74) is 0. The van der Waals surface area contributed by atoms with E-state index < -0.39 is 11.9 Å². The van der Waals surface area contributed by atoms with Crippen LogP contribution < -0.4 is 5.32 Å². The molecule has 0 fully saturated rings. The number of amides is 1. The van der Waals surface area contributed by atoms with Gasteiger partial charge in [0.1, 0.15) is 0 Å². The third kappa shape index (κ3) is 5.53. The minimum atomic E-state index is -0.851. The third-order valence-electron chi connectivity index (χ3n) is 1.41. The molecule has 5 nitrogen and oxygen atoms in total. The van der Waals surface area contributed by atoms with Gasteiger partial charge in [-0.05, 0) is 20.8 Å². The van der Waals surface area contributed by atoms with Crippen molar-refractivity contribution in [3.8, 4) is 0 Å². The van der Waals surface area contributed by atoms with Gasteiger partial charge in [-0.1, -0.05) is 0 Å². The van der Waals surface area contributed by atoms with Gasteiger partial charge in [-0.3, -0.25) is 4.79 Å². The molecule has 0 saturated heterocycles. The number of rotatable bonds is 5. The standard InChI is InChI=1S/C9H17NO4/c1-4-13-6-7(3)10-8(11)9(12)14-5-2/h7H,4-6H2,1-3H3,(H,10,11). The van der Waals surface area contributed by atoms with Crippen molar-refractivity contribution < 1.29 is 19.1 Å². The van der Waals surface area contributed by atoms with E-state index in [0.717, 1.165) is 0 Å². The SMILES string of the molecule is CCOCC(C)NC(=O)C(=O)OCC. The first-order chi connectivity index (χ1) is 6.61. The molecule has 1 atom stereocenters. The van der Waals surface area contributed by atoms with E-state index >= 15 is 0 Å². The fraction of sp³-hybridized carbons (Fsp3) is 0.778. The number of hydrogen-bond donors (Lipinski definition) is 1. The Kier molecular flexibility index (Phi) is 6.74. The third-order valence-corrected chi connectivity index (χ3v) is 1.41. The Morgan fingerprint density at radius 1 is 1.29 bits per heavy atom. The lowest BCUT2D eigenvalue weighted by Crippen LogP contribution is -2.40. The maximum absolute atomic E-state index is 11.1. The molecule has 0 radical (unpaired) electrons. The van der Waals surface area contributed by atoms with Gasteiger partial charge in [0.05, 0.1) is 13.2 Å². The zero-order valence-electron chi connectivity index (χ0n) is 8.83. The second-order valence-corrected chi connectivity index (χ2v) is 2.75. The molecule has 1 unspecified atom stereocenters. The Morgan fingerprint density at radius 3 is 2.43 bits per heavy atom. The summed E-state index contributed by atoms with van der Waals surface area (Å²) < 4.78 is 9.59. The van der Waals surface area contributed by atoms with Crippen molar-refractivity contribution in [1.82, 2.24) is 5.32 Å². The first-order valence-corrected chi connectivity index (χ1v) is 4.67. The molecule has 0 aliphatic heterocycles. The summed E-state index contributed by atoms with van der Waals surface area (Å²) >= 11 is 0. The van der Waals surface area contributed by atoms with Crippen LogP contribution in [0.3, 0.4) is 0 Å². The first kappa shape index (κ1) is 12.9. The van der Waals surface area contributed by atoms with Gasteiger partial charge in [0.15, 0.2) is 0 Å². The summed E-state index contributed by atoms with van der Waals surface area (Å²) in [4.78, 5) is 21.9. The Labute approximate surface area is 83.8 Å². The van der Waals surface area contributed by atoms with E-state index in [9.17, 15) is 9.59 Å². The van der Waals surface area contributed by atoms with E-state index in [1.54, 1.807) is 13.8 Å². The van der Waals surface area contributed by atoms with Crippen molar-refractivity contribution in [3.05, 3.63) is 0 Å². The highest BCUT2D eigenvalue weighted by molar-refractivity contribution is 6.32. The predicted molar refractivity (Wildman–Crippen MR) is 50.7 cm³/mol. The molecule has 0 aliphatic carbocycles. The number of carbonyl (C=O) groups is 2.